The number of rotatable bonds is 3. The van der Waals surface area contributed by atoms with Gasteiger partial charge in [0, 0.05) is 0 Å². The summed E-state index contributed by atoms with van der Waals surface area (Å²) in [5, 5.41) is 8.40. The SMILES string of the molecule is CC(C)C1=C(OCC#N)C=CCC1. The van der Waals surface area contributed by atoms with E-state index in [2.05, 4.69) is 19.9 Å². The molecule has 0 saturated carbocycles. The largest absolute Gasteiger partial charge is 0.479 e. The van der Waals surface area contributed by atoms with Gasteiger partial charge in [0.2, 0.25) is 0 Å². The minimum absolute atomic E-state index is 0.149. The molecule has 0 radical (unpaired) electrons. The Morgan fingerprint density at radius 2 is 2.38 bits per heavy atom. The van der Waals surface area contributed by atoms with Crippen LogP contribution in [0.5, 0.6) is 0 Å². The third kappa shape index (κ3) is 2.62. The number of ether oxygens (including phenoxy) is 1. The molecule has 0 aromatic rings. The molecule has 0 spiro atoms. The van der Waals surface area contributed by atoms with Crippen LogP contribution in [0, 0.1) is 17.2 Å². The van der Waals surface area contributed by atoms with Gasteiger partial charge >= 0.3 is 0 Å². The van der Waals surface area contributed by atoms with Gasteiger partial charge in [-0.05, 0) is 30.4 Å². The maximum atomic E-state index is 8.40. The zero-order valence-corrected chi connectivity index (χ0v) is 8.21. The lowest BCUT2D eigenvalue weighted by Crippen LogP contribution is -2.04. The van der Waals surface area contributed by atoms with Gasteiger partial charge in [-0.15, -0.1) is 0 Å². The molecule has 0 N–H and O–H groups in total. The minimum atomic E-state index is 0.149. The van der Waals surface area contributed by atoms with Gasteiger partial charge in [0.1, 0.15) is 11.8 Å². The zero-order chi connectivity index (χ0) is 9.68. The van der Waals surface area contributed by atoms with Crippen LogP contribution in [0.25, 0.3) is 0 Å². The monoisotopic (exact) mass is 177 g/mol. The molecule has 13 heavy (non-hydrogen) atoms. The molecule has 1 rings (SSSR count). The molecule has 0 saturated heterocycles. The molecule has 0 aromatic carbocycles. The quantitative estimate of drug-likeness (QED) is 0.664. The summed E-state index contributed by atoms with van der Waals surface area (Å²) in [5.74, 6) is 1.42. The van der Waals surface area contributed by atoms with Gasteiger partial charge in [-0.3, -0.25) is 0 Å². The first kappa shape index (κ1) is 9.85. The molecule has 70 valence electrons. The summed E-state index contributed by atoms with van der Waals surface area (Å²) in [6.45, 7) is 4.46. The fraction of sp³-hybridized carbons (Fsp3) is 0.545. The fourth-order valence-electron chi connectivity index (χ4n) is 1.48. The van der Waals surface area contributed by atoms with E-state index in [1.807, 2.05) is 12.1 Å². The van der Waals surface area contributed by atoms with E-state index < -0.39 is 0 Å². The molecular formula is C11H15NO. The molecule has 0 amide bonds. The Labute approximate surface area is 79.5 Å². The predicted octanol–water partition coefficient (Wildman–Crippen LogP) is 2.79. The van der Waals surface area contributed by atoms with Crippen molar-refractivity contribution in [1.82, 2.24) is 0 Å². The van der Waals surface area contributed by atoms with Crippen LogP contribution in [0.2, 0.25) is 0 Å². The topological polar surface area (TPSA) is 33.0 Å². The van der Waals surface area contributed by atoms with Crippen LogP contribution in [0.1, 0.15) is 26.7 Å². The van der Waals surface area contributed by atoms with E-state index in [4.69, 9.17) is 10.00 Å². The van der Waals surface area contributed by atoms with Crippen LogP contribution in [0.15, 0.2) is 23.5 Å². The number of nitrogens with zero attached hydrogens (tertiary/aromatic N) is 1. The second-order valence-electron chi connectivity index (χ2n) is 3.43. The van der Waals surface area contributed by atoms with Crippen molar-refractivity contribution in [3.05, 3.63) is 23.5 Å². The molecule has 2 nitrogen and oxygen atoms in total. The van der Waals surface area contributed by atoms with E-state index in [1.54, 1.807) is 0 Å². The van der Waals surface area contributed by atoms with E-state index in [9.17, 15) is 0 Å². The van der Waals surface area contributed by atoms with Crippen LogP contribution in [-0.4, -0.2) is 6.61 Å². The van der Waals surface area contributed by atoms with Crippen molar-refractivity contribution in [3.8, 4) is 6.07 Å². The van der Waals surface area contributed by atoms with E-state index in [0.29, 0.717) is 5.92 Å². The highest BCUT2D eigenvalue weighted by molar-refractivity contribution is 5.26. The maximum Gasteiger partial charge on any atom is 0.174 e. The molecule has 2 heteroatoms. The van der Waals surface area contributed by atoms with Crippen molar-refractivity contribution in [2.75, 3.05) is 6.61 Å². The average Bonchev–Trinajstić information content (AvgIpc) is 2.15. The fourth-order valence-corrected chi connectivity index (χ4v) is 1.48. The summed E-state index contributed by atoms with van der Waals surface area (Å²) in [4.78, 5) is 0. The summed E-state index contributed by atoms with van der Waals surface area (Å²) in [6.07, 6.45) is 6.23. The number of hydrogen-bond acceptors (Lipinski definition) is 2. The first-order valence-electron chi connectivity index (χ1n) is 4.65. The lowest BCUT2D eigenvalue weighted by molar-refractivity contribution is 0.255. The van der Waals surface area contributed by atoms with E-state index >= 15 is 0 Å². The number of allylic oxidation sites excluding steroid dienone is 3. The van der Waals surface area contributed by atoms with Gasteiger partial charge in [0.15, 0.2) is 6.61 Å². The zero-order valence-electron chi connectivity index (χ0n) is 8.21. The highest BCUT2D eigenvalue weighted by atomic mass is 16.5. The van der Waals surface area contributed by atoms with Crippen LogP contribution in [-0.2, 0) is 4.74 Å². The van der Waals surface area contributed by atoms with Gasteiger partial charge in [0.25, 0.3) is 0 Å². The molecule has 0 heterocycles. The standard InChI is InChI=1S/C11H15NO/c1-9(2)10-5-3-4-6-11(10)13-8-7-12/h4,6,9H,3,5,8H2,1-2H3. The summed E-state index contributed by atoms with van der Waals surface area (Å²) < 4.78 is 5.34. The molecular weight excluding hydrogens is 162 g/mol. The Balaban J connectivity index is 2.73. The number of hydrogen-bond donors (Lipinski definition) is 0. The molecule has 0 bridgehead atoms. The lowest BCUT2D eigenvalue weighted by atomic mass is 9.94. The second kappa shape index (κ2) is 4.71. The van der Waals surface area contributed by atoms with Crippen LogP contribution in [0.4, 0.5) is 0 Å². The van der Waals surface area contributed by atoms with Gasteiger partial charge in [-0.25, -0.2) is 0 Å². The highest BCUT2D eigenvalue weighted by Gasteiger charge is 2.12. The van der Waals surface area contributed by atoms with Crippen molar-refractivity contribution < 1.29 is 4.74 Å². The summed E-state index contributed by atoms with van der Waals surface area (Å²) in [5.41, 5.74) is 1.33. The normalized spacial score (nSPS) is 16.2. The van der Waals surface area contributed by atoms with Crippen LogP contribution in [0.3, 0.4) is 0 Å². The second-order valence-corrected chi connectivity index (χ2v) is 3.43. The van der Waals surface area contributed by atoms with Crippen LogP contribution < -0.4 is 0 Å². The summed E-state index contributed by atoms with van der Waals surface area (Å²) >= 11 is 0. The molecule has 0 aromatic heterocycles. The van der Waals surface area contributed by atoms with Gasteiger partial charge in [0.05, 0.1) is 0 Å². The first-order chi connectivity index (χ1) is 6.25. The third-order valence-corrected chi connectivity index (χ3v) is 2.16. The summed E-state index contributed by atoms with van der Waals surface area (Å²) in [7, 11) is 0. The smallest absolute Gasteiger partial charge is 0.174 e. The Morgan fingerprint density at radius 3 is 3.00 bits per heavy atom. The molecule has 0 unspecified atom stereocenters. The van der Waals surface area contributed by atoms with E-state index in [-0.39, 0.29) is 6.61 Å². The first-order valence-corrected chi connectivity index (χ1v) is 4.65. The van der Waals surface area contributed by atoms with Crippen molar-refractivity contribution in [2.24, 2.45) is 5.92 Å². The molecule has 0 aliphatic heterocycles. The average molecular weight is 177 g/mol. The molecule has 0 atom stereocenters. The van der Waals surface area contributed by atoms with E-state index in [1.165, 1.54) is 5.57 Å². The van der Waals surface area contributed by atoms with Gasteiger partial charge in [-0.1, -0.05) is 19.9 Å². The molecule has 0 fully saturated rings. The maximum absolute atomic E-state index is 8.40. The Morgan fingerprint density at radius 1 is 1.62 bits per heavy atom. The predicted molar refractivity (Wildman–Crippen MR) is 51.8 cm³/mol. The lowest BCUT2D eigenvalue weighted by Gasteiger charge is -2.18. The number of nitriles is 1. The highest BCUT2D eigenvalue weighted by Crippen LogP contribution is 2.25. The Kier molecular flexibility index (Phi) is 3.57. The molecule has 1 aliphatic carbocycles. The van der Waals surface area contributed by atoms with E-state index in [0.717, 1.165) is 18.6 Å². The minimum Gasteiger partial charge on any atom is -0.479 e. The van der Waals surface area contributed by atoms with Crippen molar-refractivity contribution in [2.45, 2.75) is 26.7 Å². The molecule has 1 aliphatic rings. The van der Waals surface area contributed by atoms with Gasteiger partial charge < -0.3 is 4.74 Å². The third-order valence-electron chi connectivity index (χ3n) is 2.16. The van der Waals surface area contributed by atoms with Crippen LogP contribution >= 0.6 is 0 Å². The Bertz CT molecular complexity index is 268. The van der Waals surface area contributed by atoms with Crippen molar-refractivity contribution >= 4 is 0 Å². The Hall–Kier alpha value is -1.23. The van der Waals surface area contributed by atoms with Crippen molar-refractivity contribution in [1.29, 1.82) is 5.26 Å². The van der Waals surface area contributed by atoms with Crippen molar-refractivity contribution in [3.63, 3.8) is 0 Å². The summed E-state index contributed by atoms with van der Waals surface area (Å²) in [6, 6.07) is 1.98. The van der Waals surface area contributed by atoms with Gasteiger partial charge in [-0.2, -0.15) is 5.26 Å².